The zero-order valence-corrected chi connectivity index (χ0v) is 14.2. The first-order valence-corrected chi connectivity index (χ1v) is 8.91. The second-order valence-corrected chi connectivity index (χ2v) is 7.06. The molecule has 3 N–H and O–H groups in total. The number of aryl methyl sites for hydroxylation is 2. The van der Waals surface area contributed by atoms with Gasteiger partial charge in [-0.15, -0.1) is 0 Å². The molecule has 1 aromatic carbocycles. The Balaban J connectivity index is 1.71. The monoisotopic (exact) mass is 346 g/mol. The highest BCUT2D eigenvalue weighted by Crippen LogP contribution is 2.22. The highest BCUT2D eigenvalue weighted by molar-refractivity contribution is 7.89. The van der Waals surface area contributed by atoms with Crippen molar-refractivity contribution in [3.8, 4) is 0 Å². The number of anilines is 1. The Kier molecular flexibility index (Phi) is 4.20. The average Bonchev–Trinajstić information content (AvgIpc) is 2.83. The molecule has 24 heavy (non-hydrogen) atoms. The molecule has 0 unspecified atom stereocenters. The maximum absolute atomic E-state index is 11.2. The van der Waals surface area contributed by atoms with E-state index in [1.165, 1.54) is 18.5 Å². The van der Waals surface area contributed by atoms with Gasteiger partial charge in [-0.25, -0.2) is 23.5 Å². The Hall–Kier alpha value is -2.52. The number of aromatic nitrogens is 4. The molecule has 3 aromatic rings. The molecule has 0 radical (unpaired) electrons. The fourth-order valence-electron chi connectivity index (χ4n) is 2.58. The van der Waals surface area contributed by atoms with Crippen LogP contribution in [0.25, 0.3) is 11.0 Å². The van der Waals surface area contributed by atoms with Crippen molar-refractivity contribution in [2.24, 2.45) is 12.2 Å². The fraction of sp³-hybridized carbons (Fsp3) is 0.267. The standard InChI is InChI=1S/C15H18N6O2S/c1-10-13-14(18-9-19-15(13)21(2)20-10)17-8-7-11-3-5-12(6-4-11)24(16,22)23/h3-6,9H,7-8H2,1-2H3,(H2,16,22,23)(H,17,18,19). The van der Waals surface area contributed by atoms with Crippen LogP contribution in [-0.2, 0) is 23.5 Å². The zero-order chi connectivity index (χ0) is 17.3. The quantitative estimate of drug-likeness (QED) is 0.711. The predicted octanol–water partition coefficient (Wildman–Crippen LogP) is 0.974. The predicted molar refractivity (Wildman–Crippen MR) is 91.0 cm³/mol. The van der Waals surface area contributed by atoms with Gasteiger partial charge in [0.05, 0.1) is 16.0 Å². The van der Waals surface area contributed by atoms with E-state index in [9.17, 15) is 8.42 Å². The third-order valence-corrected chi connectivity index (χ3v) is 4.68. The lowest BCUT2D eigenvalue weighted by atomic mass is 10.1. The minimum atomic E-state index is -3.65. The first-order valence-electron chi connectivity index (χ1n) is 7.36. The number of nitrogens with zero attached hydrogens (tertiary/aromatic N) is 4. The topological polar surface area (TPSA) is 116 Å². The van der Waals surface area contributed by atoms with E-state index in [1.807, 2.05) is 14.0 Å². The molecule has 0 aliphatic heterocycles. The fourth-order valence-corrected chi connectivity index (χ4v) is 3.10. The van der Waals surface area contributed by atoms with Crippen LogP contribution in [-0.4, -0.2) is 34.7 Å². The molecule has 3 rings (SSSR count). The van der Waals surface area contributed by atoms with E-state index in [1.54, 1.807) is 16.8 Å². The van der Waals surface area contributed by atoms with E-state index >= 15 is 0 Å². The number of rotatable bonds is 5. The summed E-state index contributed by atoms with van der Waals surface area (Å²) in [7, 11) is -1.81. The van der Waals surface area contributed by atoms with Crippen molar-refractivity contribution in [3.63, 3.8) is 0 Å². The summed E-state index contributed by atoms with van der Waals surface area (Å²) < 4.78 is 24.2. The summed E-state index contributed by atoms with van der Waals surface area (Å²) in [5.74, 6) is 0.742. The molecule has 2 aromatic heterocycles. The van der Waals surface area contributed by atoms with Crippen molar-refractivity contribution in [3.05, 3.63) is 41.9 Å². The lowest BCUT2D eigenvalue weighted by Crippen LogP contribution is -2.12. The van der Waals surface area contributed by atoms with Gasteiger partial charge in [0, 0.05) is 13.6 Å². The average molecular weight is 346 g/mol. The number of benzene rings is 1. The molecule has 0 spiro atoms. The van der Waals surface area contributed by atoms with Crippen LogP contribution in [0, 0.1) is 6.92 Å². The molecule has 0 aliphatic carbocycles. The van der Waals surface area contributed by atoms with Gasteiger partial charge in [-0.05, 0) is 31.0 Å². The third-order valence-electron chi connectivity index (χ3n) is 3.75. The number of primary sulfonamides is 1. The molecular formula is C15H18N6O2S. The second kappa shape index (κ2) is 6.17. The maximum atomic E-state index is 11.2. The molecule has 126 valence electrons. The van der Waals surface area contributed by atoms with Crippen molar-refractivity contribution >= 4 is 26.9 Å². The number of sulfonamides is 1. The van der Waals surface area contributed by atoms with Crippen molar-refractivity contribution in [1.82, 2.24) is 19.7 Å². The van der Waals surface area contributed by atoms with Gasteiger partial charge in [0.15, 0.2) is 5.65 Å². The van der Waals surface area contributed by atoms with E-state index in [-0.39, 0.29) is 4.90 Å². The van der Waals surface area contributed by atoms with Gasteiger partial charge in [0.1, 0.15) is 12.1 Å². The van der Waals surface area contributed by atoms with Crippen molar-refractivity contribution in [1.29, 1.82) is 0 Å². The number of nitrogens with two attached hydrogens (primary N) is 1. The molecule has 0 aliphatic rings. The zero-order valence-electron chi connectivity index (χ0n) is 13.4. The van der Waals surface area contributed by atoms with Crippen molar-refractivity contribution in [2.45, 2.75) is 18.2 Å². The molecule has 0 bridgehead atoms. The Bertz CT molecular complexity index is 979. The van der Waals surface area contributed by atoms with Crippen LogP contribution in [0.3, 0.4) is 0 Å². The Morgan fingerprint density at radius 3 is 2.58 bits per heavy atom. The molecule has 0 saturated carbocycles. The lowest BCUT2D eigenvalue weighted by molar-refractivity contribution is 0.598. The summed E-state index contributed by atoms with van der Waals surface area (Å²) in [6.07, 6.45) is 2.22. The summed E-state index contributed by atoms with van der Waals surface area (Å²) in [6, 6.07) is 6.54. The van der Waals surface area contributed by atoms with Gasteiger partial charge in [-0.3, -0.25) is 4.68 Å². The normalized spacial score (nSPS) is 11.8. The summed E-state index contributed by atoms with van der Waals surface area (Å²) in [4.78, 5) is 8.64. The number of hydrogen-bond acceptors (Lipinski definition) is 6. The van der Waals surface area contributed by atoms with Crippen LogP contribution < -0.4 is 10.5 Å². The van der Waals surface area contributed by atoms with Crippen LogP contribution in [0.1, 0.15) is 11.3 Å². The van der Waals surface area contributed by atoms with Gasteiger partial charge in [-0.2, -0.15) is 5.10 Å². The molecule has 8 nitrogen and oxygen atoms in total. The first kappa shape index (κ1) is 16.3. The van der Waals surface area contributed by atoms with Gasteiger partial charge < -0.3 is 5.32 Å². The van der Waals surface area contributed by atoms with Crippen molar-refractivity contribution in [2.75, 3.05) is 11.9 Å². The summed E-state index contributed by atoms with van der Waals surface area (Å²) in [5.41, 5.74) is 2.65. The minimum Gasteiger partial charge on any atom is -0.369 e. The van der Waals surface area contributed by atoms with Gasteiger partial charge >= 0.3 is 0 Å². The molecule has 0 amide bonds. The number of hydrogen-bond donors (Lipinski definition) is 2. The third kappa shape index (κ3) is 3.22. The van der Waals surface area contributed by atoms with E-state index < -0.39 is 10.0 Å². The number of fused-ring (bicyclic) bond motifs is 1. The summed E-state index contributed by atoms with van der Waals surface area (Å²) in [5, 5.41) is 13.6. The van der Waals surface area contributed by atoms with Crippen LogP contribution in [0.2, 0.25) is 0 Å². The molecular weight excluding hydrogens is 328 g/mol. The maximum Gasteiger partial charge on any atom is 0.238 e. The highest BCUT2D eigenvalue weighted by atomic mass is 32.2. The van der Waals surface area contributed by atoms with Crippen LogP contribution in [0.15, 0.2) is 35.5 Å². The highest BCUT2D eigenvalue weighted by Gasteiger charge is 2.12. The van der Waals surface area contributed by atoms with Gasteiger partial charge in [-0.1, -0.05) is 12.1 Å². The largest absolute Gasteiger partial charge is 0.369 e. The smallest absolute Gasteiger partial charge is 0.238 e. The first-order chi connectivity index (χ1) is 11.4. The van der Waals surface area contributed by atoms with Gasteiger partial charge in [0.25, 0.3) is 0 Å². The summed E-state index contributed by atoms with van der Waals surface area (Å²) >= 11 is 0. The molecule has 0 saturated heterocycles. The van der Waals surface area contributed by atoms with Crippen molar-refractivity contribution < 1.29 is 8.42 Å². The molecule has 2 heterocycles. The number of nitrogens with one attached hydrogen (secondary N) is 1. The van der Waals surface area contributed by atoms with E-state index in [0.29, 0.717) is 6.54 Å². The lowest BCUT2D eigenvalue weighted by Gasteiger charge is -2.07. The Morgan fingerprint density at radius 1 is 1.21 bits per heavy atom. The van der Waals surface area contributed by atoms with Crippen LogP contribution in [0.4, 0.5) is 5.82 Å². The Morgan fingerprint density at radius 2 is 1.92 bits per heavy atom. The summed E-state index contributed by atoms with van der Waals surface area (Å²) in [6.45, 7) is 2.57. The molecule has 9 heteroatoms. The molecule has 0 atom stereocenters. The second-order valence-electron chi connectivity index (χ2n) is 5.50. The minimum absolute atomic E-state index is 0.114. The Labute approximate surface area is 139 Å². The van der Waals surface area contributed by atoms with Crippen LogP contribution in [0.5, 0.6) is 0 Å². The van der Waals surface area contributed by atoms with Gasteiger partial charge in [0.2, 0.25) is 10.0 Å². The molecule has 0 fully saturated rings. The SMILES string of the molecule is Cc1nn(C)c2ncnc(NCCc3ccc(S(N)(=O)=O)cc3)c12. The van der Waals surface area contributed by atoms with E-state index in [4.69, 9.17) is 5.14 Å². The van der Waals surface area contributed by atoms with E-state index in [2.05, 4.69) is 20.4 Å². The van der Waals surface area contributed by atoms with Crippen LogP contribution >= 0.6 is 0 Å². The van der Waals surface area contributed by atoms with E-state index in [0.717, 1.165) is 34.5 Å².